The zero-order valence-electron chi connectivity index (χ0n) is 13.2. The van der Waals surface area contributed by atoms with E-state index in [9.17, 15) is 4.79 Å². The average molecular weight is 389 g/mol. The van der Waals surface area contributed by atoms with Gasteiger partial charge in [0.05, 0.1) is 11.3 Å². The zero-order chi connectivity index (χ0) is 15.4. The zero-order valence-corrected chi connectivity index (χ0v) is 15.7. The summed E-state index contributed by atoms with van der Waals surface area (Å²) in [6.07, 6.45) is 3.86. The van der Waals surface area contributed by atoms with Crippen LogP contribution < -0.4 is 11.1 Å². The lowest BCUT2D eigenvalue weighted by atomic mass is 10.1. The monoisotopic (exact) mass is 388 g/mol. The Labute approximate surface area is 158 Å². The van der Waals surface area contributed by atoms with E-state index in [1.54, 1.807) is 18.2 Å². The highest BCUT2D eigenvalue weighted by atomic mass is 35.5. The first-order valence-electron chi connectivity index (χ1n) is 7.55. The van der Waals surface area contributed by atoms with Gasteiger partial charge < -0.3 is 5.73 Å². The number of thiazole rings is 1. The SMILES string of the molecule is Cl.Cl.Nc1ccccc1C(=O)Nc1nc(CN2CCCCC2)cs1. The molecule has 8 heteroatoms. The van der Waals surface area contributed by atoms with Crippen LogP contribution in [0.1, 0.15) is 35.3 Å². The molecule has 24 heavy (non-hydrogen) atoms. The number of likely N-dealkylation sites (tertiary alicyclic amines) is 1. The largest absolute Gasteiger partial charge is 0.398 e. The Morgan fingerprint density at radius 3 is 2.62 bits per heavy atom. The average Bonchev–Trinajstić information content (AvgIpc) is 2.95. The van der Waals surface area contributed by atoms with Crippen LogP contribution in [0.4, 0.5) is 10.8 Å². The number of hydrogen-bond donors (Lipinski definition) is 2. The van der Waals surface area contributed by atoms with Crippen molar-refractivity contribution in [2.75, 3.05) is 24.1 Å². The van der Waals surface area contributed by atoms with Crippen LogP contribution >= 0.6 is 36.2 Å². The molecule has 1 fully saturated rings. The van der Waals surface area contributed by atoms with Crippen molar-refractivity contribution in [2.45, 2.75) is 25.8 Å². The number of para-hydroxylation sites is 1. The second-order valence-corrected chi connectivity index (χ2v) is 6.38. The molecule has 0 unspecified atom stereocenters. The van der Waals surface area contributed by atoms with Gasteiger partial charge in [0.15, 0.2) is 5.13 Å². The fraction of sp³-hybridized carbons (Fsp3) is 0.375. The van der Waals surface area contributed by atoms with E-state index < -0.39 is 0 Å². The van der Waals surface area contributed by atoms with Crippen molar-refractivity contribution in [1.82, 2.24) is 9.88 Å². The van der Waals surface area contributed by atoms with Gasteiger partial charge in [0, 0.05) is 17.6 Å². The molecule has 3 rings (SSSR count). The van der Waals surface area contributed by atoms with Crippen molar-refractivity contribution in [3.8, 4) is 0 Å². The van der Waals surface area contributed by atoms with Crippen LogP contribution in [0.25, 0.3) is 0 Å². The van der Waals surface area contributed by atoms with Crippen LogP contribution in [0.2, 0.25) is 0 Å². The molecule has 1 aliphatic heterocycles. The lowest BCUT2D eigenvalue weighted by Gasteiger charge is -2.25. The summed E-state index contributed by atoms with van der Waals surface area (Å²) in [4.78, 5) is 19.1. The minimum Gasteiger partial charge on any atom is -0.398 e. The van der Waals surface area contributed by atoms with Crippen molar-refractivity contribution in [3.63, 3.8) is 0 Å². The Morgan fingerprint density at radius 1 is 1.21 bits per heavy atom. The summed E-state index contributed by atoms with van der Waals surface area (Å²) in [5.74, 6) is -0.211. The normalized spacial score (nSPS) is 14.3. The van der Waals surface area contributed by atoms with E-state index in [0.717, 1.165) is 25.3 Å². The molecule has 1 aromatic heterocycles. The number of carbonyl (C=O) groups is 1. The molecule has 132 valence electrons. The second-order valence-electron chi connectivity index (χ2n) is 5.52. The molecule has 1 aromatic carbocycles. The van der Waals surface area contributed by atoms with Gasteiger partial charge in [0.1, 0.15) is 0 Å². The highest BCUT2D eigenvalue weighted by molar-refractivity contribution is 7.14. The standard InChI is InChI=1S/C16H20N4OS.2ClH/c17-14-7-3-2-6-13(14)15(21)19-16-18-12(11-22-16)10-20-8-4-1-5-9-20;;/h2-3,6-7,11H,1,4-5,8-10,17H2,(H,18,19,21);2*1H. The molecule has 0 atom stereocenters. The van der Waals surface area contributed by atoms with Crippen LogP contribution in [-0.4, -0.2) is 28.9 Å². The maximum atomic E-state index is 12.2. The molecular weight excluding hydrogens is 367 g/mol. The number of hydrogen-bond acceptors (Lipinski definition) is 5. The van der Waals surface area contributed by atoms with Gasteiger partial charge in [-0.15, -0.1) is 36.2 Å². The fourth-order valence-electron chi connectivity index (χ4n) is 2.65. The predicted molar refractivity (Wildman–Crippen MR) is 105 cm³/mol. The number of piperidine rings is 1. The van der Waals surface area contributed by atoms with E-state index in [1.165, 1.54) is 30.6 Å². The number of aromatic nitrogens is 1. The minimum atomic E-state index is -0.211. The number of amides is 1. The molecule has 0 saturated carbocycles. The predicted octanol–water partition coefficient (Wildman–Crippen LogP) is 3.81. The Hall–Kier alpha value is -1.34. The third kappa shape index (κ3) is 5.34. The van der Waals surface area contributed by atoms with Gasteiger partial charge in [0.2, 0.25) is 0 Å². The van der Waals surface area contributed by atoms with Crippen LogP contribution in [0.15, 0.2) is 29.6 Å². The number of rotatable bonds is 4. The van der Waals surface area contributed by atoms with Gasteiger partial charge in [-0.05, 0) is 38.1 Å². The molecular formula is C16H22Cl2N4OS. The topological polar surface area (TPSA) is 71.2 Å². The molecule has 5 nitrogen and oxygen atoms in total. The van der Waals surface area contributed by atoms with Crippen molar-refractivity contribution in [3.05, 3.63) is 40.9 Å². The van der Waals surface area contributed by atoms with Crippen molar-refractivity contribution < 1.29 is 4.79 Å². The summed E-state index contributed by atoms with van der Waals surface area (Å²) < 4.78 is 0. The second kappa shape index (κ2) is 9.84. The van der Waals surface area contributed by atoms with E-state index in [-0.39, 0.29) is 30.7 Å². The van der Waals surface area contributed by atoms with E-state index >= 15 is 0 Å². The summed E-state index contributed by atoms with van der Waals surface area (Å²) in [7, 11) is 0. The first kappa shape index (κ1) is 20.7. The molecule has 0 aliphatic carbocycles. The Balaban J connectivity index is 0.00000144. The summed E-state index contributed by atoms with van der Waals surface area (Å²) in [6.45, 7) is 3.14. The molecule has 2 heterocycles. The van der Waals surface area contributed by atoms with Gasteiger partial charge in [-0.1, -0.05) is 18.6 Å². The number of nitrogens with two attached hydrogens (primary N) is 1. The van der Waals surface area contributed by atoms with Crippen LogP contribution in [0, 0.1) is 0 Å². The highest BCUT2D eigenvalue weighted by Crippen LogP contribution is 2.20. The lowest BCUT2D eigenvalue weighted by molar-refractivity contribution is 0.102. The van der Waals surface area contributed by atoms with E-state index in [0.29, 0.717) is 16.4 Å². The first-order valence-corrected chi connectivity index (χ1v) is 8.43. The smallest absolute Gasteiger partial charge is 0.259 e. The van der Waals surface area contributed by atoms with Gasteiger partial charge in [-0.3, -0.25) is 15.0 Å². The first-order chi connectivity index (χ1) is 10.7. The van der Waals surface area contributed by atoms with E-state index in [2.05, 4.69) is 15.2 Å². The van der Waals surface area contributed by atoms with Crippen LogP contribution in [0.3, 0.4) is 0 Å². The minimum absolute atomic E-state index is 0. The Bertz CT molecular complexity index is 659. The number of nitrogens with zero attached hydrogens (tertiary/aromatic N) is 2. The van der Waals surface area contributed by atoms with Crippen LogP contribution in [-0.2, 0) is 6.54 Å². The third-order valence-corrected chi connectivity index (χ3v) is 4.62. The molecule has 2 aromatic rings. The maximum Gasteiger partial charge on any atom is 0.259 e. The summed E-state index contributed by atoms with van der Waals surface area (Å²) in [5.41, 5.74) is 7.80. The fourth-order valence-corrected chi connectivity index (χ4v) is 3.35. The number of benzene rings is 1. The van der Waals surface area contributed by atoms with E-state index in [4.69, 9.17) is 5.73 Å². The quantitative estimate of drug-likeness (QED) is 0.781. The molecule has 1 saturated heterocycles. The number of nitrogens with one attached hydrogen (secondary N) is 1. The van der Waals surface area contributed by atoms with E-state index in [1.807, 2.05) is 11.4 Å². The van der Waals surface area contributed by atoms with Gasteiger partial charge in [-0.2, -0.15) is 0 Å². The van der Waals surface area contributed by atoms with Crippen molar-refractivity contribution in [2.24, 2.45) is 0 Å². The summed E-state index contributed by atoms with van der Waals surface area (Å²) in [6, 6.07) is 7.05. The third-order valence-electron chi connectivity index (χ3n) is 3.81. The van der Waals surface area contributed by atoms with Crippen molar-refractivity contribution >= 4 is 52.9 Å². The molecule has 0 bridgehead atoms. The van der Waals surface area contributed by atoms with Gasteiger partial charge in [0.25, 0.3) is 5.91 Å². The number of anilines is 2. The lowest BCUT2D eigenvalue weighted by Crippen LogP contribution is -2.29. The van der Waals surface area contributed by atoms with Gasteiger partial charge in [-0.25, -0.2) is 4.98 Å². The number of carbonyl (C=O) groups excluding carboxylic acids is 1. The Kier molecular flexibility index (Phi) is 8.48. The van der Waals surface area contributed by atoms with Crippen LogP contribution in [0.5, 0.6) is 0 Å². The summed E-state index contributed by atoms with van der Waals surface area (Å²) >= 11 is 1.46. The molecule has 1 amide bonds. The maximum absolute atomic E-state index is 12.2. The number of nitrogen functional groups attached to an aromatic ring is 1. The highest BCUT2D eigenvalue weighted by Gasteiger charge is 2.14. The molecule has 1 aliphatic rings. The summed E-state index contributed by atoms with van der Waals surface area (Å²) in [5, 5.41) is 5.46. The molecule has 0 radical (unpaired) electrons. The number of halogens is 2. The van der Waals surface area contributed by atoms with Gasteiger partial charge >= 0.3 is 0 Å². The Morgan fingerprint density at radius 2 is 1.92 bits per heavy atom. The molecule has 3 N–H and O–H groups in total. The van der Waals surface area contributed by atoms with Crippen molar-refractivity contribution in [1.29, 1.82) is 0 Å². The molecule has 0 spiro atoms.